The van der Waals surface area contributed by atoms with Crippen LogP contribution in [-0.4, -0.2) is 25.2 Å². The maximum absolute atomic E-state index is 5.67. The first-order valence-corrected chi connectivity index (χ1v) is 4.34. The maximum atomic E-state index is 5.67. The van der Waals surface area contributed by atoms with Crippen LogP contribution in [0.25, 0.3) is 0 Å². The number of anilines is 1. The molecule has 0 bridgehead atoms. The highest BCUT2D eigenvalue weighted by molar-refractivity contribution is 5.49. The molecular weight excluding hydrogens is 182 g/mol. The van der Waals surface area contributed by atoms with Crippen molar-refractivity contribution in [2.45, 2.75) is 6.61 Å². The fourth-order valence-electron chi connectivity index (χ4n) is 1.04. The first-order chi connectivity index (χ1) is 6.77. The molecule has 0 radical (unpaired) electrons. The second-order valence-corrected chi connectivity index (χ2v) is 2.78. The van der Waals surface area contributed by atoms with Crippen LogP contribution in [0.3, 0.4) is 0 Å². The highest BCUT2D eigenvalue weighted by Gasteiger charge is 2.01. The Labute approximate surface area is 83.0 Å². The van der Waals surface area contributed by atoms with Crippen molar-refractivity contribution in [3.8, 4) is 5.88 Å². The van der Waals surface area contributed by atoms with Crippen molar-refractivity contribution in [3.63, 3.8) is 0 Å². The van der Waals surface area contributed by atoms with Crippen molar-refractivity contribution in [2.75, 3.05) is 26.0 Å². The van der Waals surface area contributed by atoms with E-state index in [-0.39, 0.29) is 0 Å². The summed E-state index contributed by atoms with van der Waals surface area (Å²) in [5, 5.41) is 0. The Bertz CT molecular complexity index is 291. The first-order valence-electron chi connectivity index (χ1n) is 4.34. The minimum absolute atomic E-state index is 0.438. The first kappa shape index (κ1) is 10.7. The molecule has 0 saturated carbocycles. The molecule has 0 aliphatic rings. The number of nitrogen functional groups attached to an aromatic ring is 1. The normalized spacial score (nSPS) is 10.1. The molecule has 78 valence electrons. The van der Waals surface area contributed by atoms with Gasteiger partial charge in [0, 0.05) is 12.7 Å². The predicted octanol–water partition coefficient (Wildman–Crippen LogP) is 0.148. The SMILES string of the molecule is COc1ncc(COCCN)cc1N. The van der Waals surface area contributed by atoms with Crippen LogP contribution in [0.15, 0.2) is 12.3 Å². The minimum atomic E-state index is 0.438. The van der Waals surface area contributed by atoms with E-state index >= 15 is 0 Å². The van der Waals surface area contributed by atoms with E-state index < -0.39 is 0 Å². The quantitative estimate of drug-likeness (QED) is 0.656. The third-order valence-electron chi connectivity index (χ3n) is 1.66. The molecule has 0 atom stereocenters. The Morgan fingerprint density at radius 2 is 2.29 bits per heavy atom. The average Bonchev–Trinajstić information content (AvgIpc) is 2.18. The van der Waals surface area contributed by atoms with Gasteiger partial charge in [0.25, 0.3) is 0 Å². The number of hydrogen-bond acceptors (Lipinski definition) is 5. The molecule has 14 heavy (non-hydrogen) atoms. The fraction of sp³-hybridized carbons (Fsp3) is 0.444. The van der Waals surface area contributed by atoms with Gasteiger partial charge in [0.05, 0.1) is 26.0 Å². The van der Waals surface area contributed by atoms with Crippen LogP contribution >= 0.6 is 0 Å². The minimum Gasteiger partial charge on any atom is -0.480 e. The number of ether oxygens (including phenoxy) is 2. The molecule has 0 aromatic carbocycles. The molecule has 0 aliphatic carbocycles. The number of hydrogen-bond donors (Lipinski definition) is 2. The summed E-state index contributed by atoms with van der Waals surface area (Å²) < 4.78 is 10.2. The Kier molecular flexibility index (Phi) is 4.15. The van der Waals surface area contributed by atoms with E-state index in [0.29, 0.717) is 31.3 Å². The monoisotopic (exact) mass is 197 g/mol. The highest BCUT2D eigenvalue weighted by Crippen LogP contribution is 2.18. The number of nitrogens with two attached hydrogens (primary N) is 2. The van der Waals surface area contributed by atoms with Gasteiger partial charge in [-0.25, -0.2) is 4.98 Å². The van der Waals surface area contributed by atoms with Gasteiger partial charge in [-0.15, -0.1) is 0 Å². The van der Waals surface area contributed by atoms with E-state index in [1.165, 1.54) is 7.11 Å². The molecule has 5 heteroatoms. The fourth-order valence-corrected chi connectivity index (χ4v) is 1.04. The number of aromatic nitrogens is 1. The molecule has 0 saturated heterocycles. The summed E-state index contributed by atoms with van der Waals surface area (Å²) in [4.78, 5) is 4.02. The summed E-state index contributed by atoms with van der Waals surface area (Å²) in [6, 6.07) is 1.78. The van der Waals surface area contributed by atoms with Crippen LogP contribution < -0.4 is 16.2 Å². The van der Waals surface area contributed by atoms with E-state index in [4.69, 9.17) is 20.9 Å². The van der Waals surface area contributed by atoms with Crippen LogP contribution in [0.2, 0.25) is 0 Å². The molecular formula is C9H15N3O2. The molecule has 1 heterocycles. The maximum Gasteiger partial charge on any atom is 0.236 e. The van der Waals surface area contributed by atoms with E-state index in [1.54, 1.807) is 12.3 Å². The Balaban J connectivity index is 2.57. The van der Waals surface area contributed by atoms with E-state index in [0.717, 1.165) is 5.56 Å². The van der Waals surface area contributed by atoms with Crippen molar-refractivity contribution >= 4 is 5.69 Å². The van der Waals surface area contributed by atoms with Gasteiger partial charge < -0.3 is 20.9 Å². The van der Waals surface area contributed by atoms with Crippen molar-refractivity contribution in [1.82, 2.24) is 4.98 Å². The number of nitrogens with zero attached hydrogens (tertiary/aromatic N) is 1. The van der Waals surface area contributed by atoms with Crippen LogP contribution in [0, 0.1) is 0 Å². The highest BCUT2D eigenvalue weighted by atomic mass is 16.5. The zero-order valence-electron chi connectivity index (χ0n) is 8.19. The number of pyridine rings is 1. The summed E-state index contributed by atoms with van der Waals surface area (Å²) in [6.45, 7) is 1.52. The third-order valence-corrected chi connectivity index (χ3v) is 1.66. The second kappa shape index (κ2) is 5.41. The molecule has 0 spiro atoms. The van der Waals surface area contributed by atoms with Gasteiger partial charge in [-0.3, -0.25) is 0 Å². The lowest BCUT2D eigenvalue weighted by molar-refractivity contribution is 0.128. The molecule has 4 N–H and O–H groups in total. The van der Waals surface area contributed by atoms with Gasteiger partial charge in [-0.2, -0.15) is 0 Å². The molecule has 0 unspecified atom stereocenters. The van der Waals surface area contributed by atoms with Crippen LogP contribution in [0.5, 0.6) is 5.88 Å². The zero-order chi connectivity index (χ0) is 10.4. The van der Waals surface area contributed by atoms with Gasteiger partial charge in [-0.1, -0.05) is 0 Å². The van der Waals surface area contributed by atoms with E-state index in [2.05, 4.69) is 4.98 Å². The van der Waals surface area contributed by atoms with Crippen molar-refractivity contribution in [1.29, 1.82) is 0 Å². The lowest BCUT2D eigenvalue weighted by Gasteiger charge is -2.06. The average molecular weight is 197 g/mol. The second-order valence-electron chi connectivity index (χ2n) is 2.78. The topological polar surface area (TPSA) is 83.4 Å². The van der Waals surface area contributed by atoms with Crippen LogP contribution in [0.4, 0.5) is 5.69 Å². The summed E-state index contributed by atoms with van der Waals surface area (Å²) in [7, 11) is 1.53. The summed E-state index contributed by atoms with van der Waals surface area (Å²) in [5.41, 5.74) is 12.4. The molecule has 5 nitrogen and oxygen atoms in total. The van der Waals surface area contributed by atoms with Crippen molar-refractivity contribution in [3.05, 3.63) is 17.8 Å². The molecule has 1 aromatic rings. The summed E-state index contributed by atoms with van der Waals surface area (Å²) in [6.07, 6.45) is 1.67. The molecule has 1 rings (SSSR count). The van der Waals surface area contributed by atoms with Crippen molar-refractivity contribution < 1.29 is 9.47 Å². The molecule has 0 aliphatic heterocycles. The Hall–Kier alpha value is -1.33. The standard InChI is InChI=1S/C9H15N3O2/c1-13-9-8(11)4-7(5-12-9)6-14-3-2-10/h4-5H,2-3,6,10-11H2,1H3. The van der Waals surface area contributed by atoms with Gasteiger partial charge in [0.15, 0.2) is 0 Å². The smallest absolute Gasteiger partial charge is 0.236 e. The molecule has 0 fully saturated rings. The van der Waals surface area contributed by atoms with Gasteiger partial charge >= 0.3 is 0 Å². The zero-order valence-corrected chi connectivity index (χ0v) is 8.19. The van der Waals surface area contributed by atoms with Gasteiger partial charge in [0.2, 0.25) is 5.88 Å². The Morgan fingerprint density at radius 1 is 1.50 bits per heavy atom. The lowest BCUT2D eigenvalue weighted by Crippen LogP contribution is -2.08. The number of rotatable bonds is 5. The molecule has 0 amide bonds. The summed E-state index contributed by atoms with van der Waals surface area (Å²) in [5.74, 6) is 0.438. The lowest BCUT2D eigenvalue weighted by atomic mass is 10.3. The van der Waals surface area contributed by atoms with Gasteiger partial charge in [-0.05, 0) is 11.6 Å². The summed E-state index contributed by atoms with van der Waals surface area (Å²) >= 11 is 0. The van der Waals surface area contributed by atoms with E-state index in [9.17, 15) is 0 Å². The third kappa shape index (κ3) is 2.86. The van der Waals surface area contributed by atoms with Crippen LogP contribution in [-0.2, 0) is 11.3 Å². The predicted molar refractivity (Wildman–Crippen MR) is 53.9 cm³/mol. The van der Waals surface area contributed by atoms with Crippen molar-refractivity contribution in [2.24, 2.45) is 5.73 Å². The molecule has 1 aromatic heterocycles. The number of methoxy groups -OCH3 is 1. The van der Waals surface area contributed by atoms with E-state index in [1.807, 2.05) is 0 Å². The van der Waals surface area contributed by atoms with Crippen LogP contribution in [0.1, 0.15) is 5.56 Å². The largest absolute Gasteiger partial charge is 0.480 e. The Morgan fingerprint density at radius 3 is 2.86 bits per heavy atom. The van der Waals surface area contributed by atoms with Gasteiger partial charge in [0.1, 0.15) is 0 Å².